The van der Waals surface area contributed by atoms with Crippen molar-refractivity contribution in [3.63, 3.8) is 0 Å². The van der Waals surface area contributed by atoms with Crippen LogP contribution in [0.3, 0.4) is 0 Å². The highest BCUT2D eigenvalue weighted by molar-refractivity contribution is 6.46. The number of hydrogen-bond acceptors (Lipinski definition) is 4. The number of carbonyl (C=O) groups is 1. The zero-order valence-corrected chi connectivity index (χ0v) is 8.71. The fourth-order valence-electron chi connectivity index (χ4n) is 0.732. The lowest BCUT2D eigenvalue weighted by Crippen LogP contribution is -2.46. The van der Waals surface area contributed by atoms with Gasteiger partial charge in [-0.25, -0.2) is 4.79 Å². The lowest BCUT2D eigenvalue weighted by Gasteiger charge is -2.17. The zero-order chi connectivity index (χ0) is 9.56. The van der Waals surface area contributed by atoms with Crippen LogP contribution in [0, 0.1) is 0 Å². The van der Waals surface area contributed by atoms with Crippen molar-refractivity contribution < 1.29 is 18.4 Å². The molecule has 12 heavy (non-hydrogen) atoms. The third-order valence-corrected chi connectivity index (χ3v) is 2.93. The number of amides is 1. The molecule has 0 aliphatic carbocycles. The minimum absolute atomic E-state index is 0.141. The maximum atomic E-state index is 10.7. The van der Waals surface area contributed by atoms with Crippen LogP contribution in [-0.4, -0.2) is 42.4 Å². The summed E-state index contributed by atoms with van der Waals surface area (Å²) in [7, 11) is 2.99. The topological polar surface area (TPSA) is 56.8 Å². The molecule has 1 unspecified atom stereocenters. The number of carbonyl (C=O) groups excluding carboxylic acids is 1. The fourth-order valence-corrected chi connectivity index (χ4v) is 1.84. The quantitative estimate of drug-likeness (QED) is 0.639. The first-order valence-electron chi connectivity index (χ1n) is 3.45. The van der Waals surface area contributed by atoms with E-state index in [9.17, 15) is 4.79 Å². The molecule has 71 valence electrons. The number of methoxy groups -OCH3 is 1. The van der Waals surface area contributed by atoms with E-state index in [0.29, 0.717) is 0 Å². The summed E-state index contributed by atoms with van der Waals surface area (Å²) in [6.45, 7) is 1.80. The second kappa shape index (κ2) is 5.98. The summed E-state index contributed by atoms with van der Waals surface area (Å²) in [5, 5.41) is 2.57. The van der Waals surface area contributed by atoms with Gasteiger partial charge in [-0.3, -0.25) is 0 Å². The van der Waals surface area contributed by atoms with Gasteiger partial charge in [0.25, 0.3) is 0 Å². The Bertz CT molecular complexity index is 140. The van der Waals surface area contributed by atoms with Gasteiger partial charge in [-0.05, 0) is 6.92 Å². The van der Waals surface area contributed by atoms with Crippen molar-refractivity contribution in [2.45, 2.75) is 12.6 Å². The predicted octanol–water partition coefficient (Wildman–Crippen LogP) is 0.0511. The van der Waals surface area contributed by atoms with E-state index in [4.69, 9.17) is 8.85 Å². The average molecular weight is 192 g/mol. The minimum Gasteiger partial charge on any atom is -0.453 e. The molecule has 5 nitrogen and oxygen atoms in total. The van der Waals surface area contributed by atoms with E-state index in [1.54, 1.807) is 21.1 Å². The third kappa shape index (κ3) is 3.70. The van der Waals surface area contributed by atoms with Crippen molar-refractivity contribution in [3.8, 4) is 0 Å². The molecule has 1 atom stereocenters. The molecule has 1 radical (unpaired) electrons. The fraction of sp³-hybridized carbons (Fsp3) is 0.833. The van der Waals surface area contributed by atoms with Crippen molar-refractivity contribution in [1.29, 1.82) is 0 Å². The van der Waals surface area contributed by atoms with Gasteiger partial charge in [-0.15, -0.1) is 0 Å². The van der Waals surface area contributed by atoms with E-state index in [1.807, 2.05) is 0 Å². The molecule has 0 aromatic rings. The van der Waals surface area contributed by atoms with Crippen molar-refractivity contribution in [3.05, 3.63) is 0 Å². The van der Waals surface area contributed by atoms with Crippen LogP contribution in [0.1, 0.15) is 6.92 Å². The van der Waals surface area contributed by atoms with E-state index in [-0.39, 0.29) is 5.67 Å². The summed E-state index contributed by atoms with van der Waals surface area (Å²) >= 11 is 0. The van der Waals surface area contributed by atoms with E-state index >= 15 is 0 Å². The van der Waals surface area contributed by atoms with Crippen LogP contribution in [-0.2, 0) is 13.6 Å². The van der Waals surface area contributed by atoms with E-state index < -0.39 is 15.4 Å². The second-order valence-corrected chi connectivity index (χ2v) is 4.41. The van der Waals surface area contributed by atoms with Gasteiger partial charge in [-0.1, -0.05) is 0 Å². The van der Waals surface area contributed by atoms with Gasteiger partial charge in [0, 0.05) is 14.2 Å². The van der Waals surface area contributed by atoms with Crippen molar-refractivity contribution >= 4 is 15.4 Å². The SMILES string of the molecule is COC(=O)NC(C)[Si](OC)OC. The van der Waals surface area contributed by atoms with Crippen molar-refractivity contribution in [1.82, 2.24) is 5.32 Å². The maximum absolute atomic E-state index is 10.7. The van der Waals surface area contributed by atoms with Crippen LogP contribution in [0.15, 0.2) is 0 Å². The van der Waals surface area contributed by atoms with Gasteiger partial charge >= 0.3 is 15.4 Å². The van der Waals surface area contributed by atoms with Crippen molar-refractivity contribution in [2.24, 2.45) is 0 Å². The number of nitrogens with one attached hydrogen (secondary N) is 1. The van der Waals surface area contributed by atoms with Gasteiger partial charge in [0.15, 0.2) is 0 Å². The first kappa shape index (κ1) is 11.4. The van der Waals surface area contributed by atoms with Gasteiger partial charge in [0.05, 0.1) is 12.8 Å². The maximum Gasteiger partial charge on any atom is 0.408 e. The third-order valence-electron chi connectivity index (χ3n) is 1.28. The van der Waals surface area contributed by atoms with Crippen LogP contribution in [0.25, 0.3) is 0 Å². The molecule has 1 N–H and O–H groups in total. The summed E-state index contributed by atoms with van der Waals surface area (Å²) in [4.78, 5) is 10.7. The Balaban J connectivity index is 3.83. The summed E-state index contributed by atoms with van der Waals surface area (Å²) in [5.74, 6) is 0. The van der Waals surface area contributed by atoms with Crippen LogP contribution < -0.4 is 5.32 Å². The number of alkyl carbamates (subject to hydrolysis) is 1. The molecule has 0 aromatic carbocycles. The molecule has 0 aliphatic rings. The summed E-state index contributed by atoms with van der Waals surface area (Å²) in [6.07, 6.45) is -0.473. The molecule has 6 heteroatoms. The molecule has 0 aromatic heterocycles. The predicted molar refractivity (Wildman–Crippen MR) is 44.8 cm³/mol. The Morgan fingerprint density at radius 2 is 1.83 bits per heavy atom. The Labute approximate surface area is 73.8 Å². The summed E-state index contributed by atoms with van der Waals surface area (Å²) in [6, 6.07) is 0. The molecule has 0 rings (SSSR count). The van der Waals surface area contributed by atoms with E-state index in [1.165, 1.54) is 7.11 Å². The molecular weight excluding hydrogens is 178 g/mol. The monoisotopic (exact) mass is 192 g/mol. The first-order chi connectivity index (χ1) is 5.65. The average Bonchev–Trinajstić information content (AvgIpc) is 2.06. The zero-order valence-electron chi connectivity index (χ0n) is 7.71. The van der Waals surface area contributed by atoms with Gasteiger partial charge in [-0.2, -0.15) is 0 Å². The summed E-state index contributed by atoms with van der Waals surface area (Å²) < 4.78 is 14.4. The summed E-state index contributed by atoms with van der Waals surface area (Å²) in [5.41, 5.74) is -0.141. The highest BCUT2D eigenvalue weighted by Crippen LogP contribution is 1.93. The Morgan fingerprint density at radius 1 is 1.33 bits per heavy atom. The van der Waals surface area contributed by atoms with Crippen molar-refractivity contribution in [2.75, 3.05) is 21.3 Å². The van der Waals surface area contributed by atoms with Crippen LogP contribution in [0.4, 0.5) is 4.79 Å². The number of ether oxygens (including phenoxy) is 1. The van der Waals surface area contributed by atoms with Gasteiger partial charge in [0.1, 0.15) is 0 Å². The van der Waals surface area contributed by atoms with Crippen LogP contribution in [0.2, 0.25) is 0 Å². The molecule has 0 aliphatic heterocycles. The van der Waals surface area contributed by atoms with Gasteiger partial charge in [0.2, 0.25) is 0 Å². The standard InChI is InChI=1S/C6H14NO4Si/c1-5(7-6(8)9-2)12(10-3)11-4/h5H,1-4H3,(H,7,8). The molecule has 0 saturated heterocycles. The van der Waals surface area contributed by atoms with E-state index in [2.05, 4.69) is 10.1 Å². The Hall–Kier alpha value is -0.593. The molecule has 0 bridgehead atoms. The molecule has 0 spiro atoms. The minimum atomic E-state index is -1.42. The van der Waals surface area contributed by atoms with Crippen LogP contribution in [0.5, 0.6) is 0 Å². The molecule has 0 fully saturated rings. The Kier molecular flexibility index (Phi) is 5.69. The van der Waals surface area contributed by atoms with Crippen LogP contribution >= 0.6 is 0 Å². The molecule has 0 heterocycles. The highest BCUT2D eigenvalue weighted by atomic mass is 28.3. The largest absolute Gasteiger partial charge is 0.453 e. The Morgan fingerprint density at radius 3 is 2.17 bits per heavy atom. The lowest BCUT2D eigenvalue weighted by molar-refractivity contribution is 0.166. The number of hydrogen-bond donors (Lipinski definition) is 1. The normalized spacial score (nSPS) is 12.8. The smallest absolute Gasteiger partial charge is 0.408 e. The molecule has 0 saturated carbocycles. The first-order valence-corrected chi connectivity index (χ1v) is 4.84. The number of rotatable bonds is 4. The second-order valence-electron chi connectivity index (χ2n) is 2.08. The lowest BCUT2D eigenvalue weighted by atomic mass is 10.7. The van der Waals surface area contributed by atoms with Gasteiger partial charge < -0.3 is 18.9 Å². The highest BCUT2D eigenvalue weighted by Gasteiger charge is 2.23. The molecular formula is C6H14NO4Si. The molecule has 1 amide bonds. The van der Waals surface area contributed by atoms with E-state index in [0.717, 1.165) is 0 Å².